The molecule has 124 valence electrons. The minimum Gasteiger partial charge on any atom is -0.349 e. The molecule has 0 aliphatic heterocycles. The molecule has 5 nitrogen and oxygen atoms in total. The van der Waals surface area contributed by atoms with Crippen molar-refractivity contribution in [3.63, 3.8) is 0 Å². The molecule has 0 aliphatic rings. The molecule has 1 atom stereocenters. The second kappa shape index (κ2) is 6.84. The monoisotopic (exact) mass is 322 g/mol. The summed E-state index contributed by atoms with van der Waals surface area (Å²) in [6.07, 6.45) is 3.93. The molecular weight excluding hydrogens is 300 g/mol. The average molecular weight is 322 g/mol. The number of aryl methyl sites for hydroxylation is 1. The van der Waals surface area contributed by atoms with Crippen molar-refractivity contribution in [2.24, 2.45) is 0 Å². The number of nitrogens with one attached hydrogen (secondary N) is 1. The van der Waals surface area contributed by atoms with Gasteiger partial charge >= 0.3 is 0 Å². The summed E-state index contributed by atoms with van der Waals surface area (Å²) in [5, 5.41) is 3.00. The summed E-state index contributed by atoms with van der Waals surface area (Å²) in [5.41, 5.74) is 3.89. The van der Waals surface area contributed by atoms with E-state index >= 15 is 0 Å². The lowest BCUT2D eigenvalue weighted by molar-refractivity contribution is -0.126. The summed E-state index contributed by atoms with van der Waals surface area (Å²) < 4.78 is 1.97. The number of benzene rings is 1. The van der Waals surface area contributed by atoms with Gasteiger partial charge in [-0.15, -0.1) is 0 Å². The Hall–Kier alpha value is -2.66. The number of aromatic nitrogens is 2. The van der Waals surface area contributed by atoms with Crippen LogP contribution in [0.25, 0.3) is 5.65 Å². The van der Waals surface area contributed by atoms with Crippen molar-refractivity contribution >= 4 is 11.6 Å². The van der Waals surface area contributed by atoms with E-state index in [9.17, 15) is 4.79 Å². The molecule has 0 spiro atoms. The summed E-state index contributed by atoms with van der Waals surface area (Å²) >= 11 is 0. The maximum absolute atomic E-state index is 12.6. The minimum atomic E-state index is -0.314. The Kier molecular flexibility index (Phi) is 4.62. The first-order valence-corrected chi connectivity index (χ1v) is 7.98. The van der Waals surface area contributed by atoms with Crippen molar-refractivity contribution in [2.75, 3.05) is 14.1 Å². The Morgan fingerprint density at radius 1 is 1.25 bits per heavy atom. The van der Waals surface area contributed by atoms with Gasteiger partial charge in [0.1, 0.15) is 11.7 Å². The van der Waals surface area contributed by atoms with E-state index in [1.165, 1.54) is 5.56 Å². The molecule has 2 aromatic heterocycles. The zero-order valence-electron chi connectivity index (χ0n) is 14.2. The quantitative estimate of drug-likeness (QED) is 0.785. The lowest BCUT2D eigenvalue weighted by Crippen LogP contribution is -2.36. The maximum atomic E-state index is 12.6. The summed E-state index contributed by atoms with van der Waals surface area (Å²) in [6.45, 7) is 2.45. The second-order valence-electron chi connectivity index (χ2n) is 6.20. The topological polar surface area (TPSA) is 49.6 Å². The van der Waals surface area contributed by atoms with Gasteiger partial charge < -0.3 is 9.72 Å². The number of nitrogens with zero attached hydrogens (tertiary/aromatic N) is 3. The van der Waals surface area contributed by atoms with Crippen molar-refractivity contribution in [3.8, 4) is 0 Å². The second-order valence-corrected chi connectivity index (χ2v) is 6.20. The number of rotatable bonds is 5. The molecule has 0 fully saturated rings. The van der Waals surface area contributed by atoms with Gasteiger partial charge in [0.2, 0.25) is 5.91 Å². The average Bonchev–Trinajstić information content (AvgIpc) is 2.95. The van der Waals surface area contributed by atoms with Crippen LogP contribution in [0, 0.1) is 6.92 Å². The molecule has 1 aromatic carbocycles. The zero-order chi connectivity index (χ0) is 17.1. The highest BCUT2D eigenvalue weighted by Crippen LogP contribution is 2.18. The first kappa shape index (κ1) is 16.2. The van der Waals surface area contributed by atoms with Crippen LogP contribution in [0.3, 0.4) is 0 Å². The Labute approximate surface area is 141 Å². The van der Waals surface area contributed by atoms with Gasteiger partial charge in [0, 0.05) is 12.4 Å². The minimum absolute atomic E-state index is 0.0283. The Morgan fingerprint density at radius 2 is 2.00 bits per heavy atom. The molecule has 0 aliphatic carbocycles. The van der Waals surface area contributed by atoms with Crippen LogP contribution in [0.2, 0.25) is 0 Å². The summed E-state index contributed by atoms with van der Waals surface area (Å²) in [4.78, 5) is 19.1. The van der Waals surface area contributed by atoms with Gasteiger partial charge in [-0.25, -0.2) is 4.98 Å². The van der Waals surface area contributed by atoms with Gasteiger partial charge in [0.05, 0.1) is 12.2 Å². The highest BCUT2D eigenvalue weighted by atomic mass is 16.2. The van der Waals surface area contributed by atoms with Gasteiger partial charge in [-0.2, -0.15) is 0 Å². The molecule has 0 saturated heterocycles. The number of likely N-dealkylation sites (N-methyl/N-ethyl adjacent to an activating group) is 1. The SMILES string of the molecule is Cc1ccn2cc(CNC(=O)[C@H](c3ccccc3)N(C)C)nc2c1. The number of carbonyl (C=O) groups excluding carboxylic acids is 1. The molecule has 5 heteroatoms. The van der Waals surface area contributed by atoms with E-state index < -0.39 is 0 Å². The van der Waals surface area contributed by atoms with Crippen molar-refractivity contribution in [3.05, 3.63) is 71.7 Å². The van der Waals surface area contributed by atoms with Crippen LogP contribution in [-0.4, -0.2) is 34.3 Å². The molecule has 1 amide bonds. The smallest absolute Gasteiger partial charge is 0.242 e. The van der Waals surface area contributed by atoms with E-state index in [0.717, 1.165) is 16.9 Å². The van der Waals surface area contributed by atoms with Gasteiger partial charge in [-0.3, -0.25) is 9.69 Å². The third-order valence-corrected chi connectivity index (χ3v) is 3.99. The van der Waals surface area contributed by atoms with Crippen molar-refractivity contribution in [1.29, 1.82) is 0 Å². The maximum Gasteiger partial charge on any atom is 0.242 e. The predicted molar refractivity (Wildman–Crippen MR) is 94.6 cm³/mol. The van der Waals surface area contributed by atoms with E-state index in [2.05, 4.69) is 10.3 Å². The van der Waals surface area contributed by atoms with Gasteiger partial charge in [-0.05, 0) is 44.3 Å². The van der Waals surface area contributed by atoms with Crippen molar-refractivity contribution in [1.82, 2.24) is 19.6 Å². The number of amides is 1. The molecule has 0 radical (unpaired) electrons. The summed E-state index contributed by atoms with van der Waals surface area (Å²) in [7, 11) is 3.82. The number of fused-ring (bicyclic) bond motifs is 1. The molecule has 3 rings (SSSR count). The van der Waals surface area contributed by atoms with Crippen LogP contribution >= 0.6 is 0 Å². The fourth-order valence-corrected chi connectivity index (χ4v) is 2.82. The number of hydrogen-bond donors (Lipinski definition) is 1. The fourth-order valence-electron chi connectivity index (χ4n) is 2.82. The predicted octanol–water partition coefficient (Wildman–Crippen LogP) is 2.56. The lowest BCUT2D eigenvalue weighted by atomic mass is 10.1. The van der Waals surface area contributed by atoms with Crippen LogP contribution in [0.4, 0.5) is 0 Å². The molecule has 0 unspecified atom stereocenters. The van der Waals surface area contributed by atoms with Gasteiger partial charge in [-0.1, -0.05) is 30.3 Å². The van der Waals surface area contributed by atoms with Crippen LogP contribution in [0.1, 0.15) is 22.9 Å². The number of pyridine rings is 1. The lowest BCUT2D eigenvalue weighted by Gasteiger charge is -2.23. The third-order valence-electron chi connectivity index (χ3n) is 3.99. The molecular formula is C19H22N4O. The first-order chi connectivity index (χ1) is 11.5. The Bertz CT molecular complexity index is 839. The Morgan fingerprint density at radius 3 is 2.71 bits per heavy atom. The highest BCUT2D eigenvalue weighted by Gasteiger charge is 2.22. The van der Waals surface area contributed by atoms with Crippen LogP contribution < -0.4 is 5.32 Å². The molecule has 1 N–H and O–H groups in total. The number of hydrogen-bond acceptors (Lipinski definition) is 3. The van der Waals surface area contributed by atoms with Crippen molar-refractivity contribution in [2.45, 2.75) is 19.5 Å². The van der Waals surface area contributed by atoms with Crippen molar-refractivity contribution < 1.29 is 4.79 Å². The summed E-state index contributed by atoms with van der Waals surface area (Å²) in [6, 6.07) is 13.5. The normalized spacial score (nSPS) is 12.5. The zero-order valence-corrected chi connectivity index (χ0v) is 14.2. The number of carbonyl (C=O) groups is 1. The van der Waals surface area contributed by atoms with Crippen LogP contribution in [0.15, 0.2) is 54.9 Å². The highest BCUT2D eigenvalue weighted by molar-refractivity contribution is 5.83. The molecule has 24 heavy (non-hydrogen) atoms. The van der Waals surface area contributed by atoms with Crippen LogP contribution in [0.5, 0.6) is 0 Å². The molecule has 2 heterocycles. The number of imidazole rings is 1. The van der Waals surface area contributed by atoms with Crippen LogP contribution in [-0.2, 0) is 11.3 Å². The van der Waals surface area contributed by atoms with E-state index in [0.29, 0.717) is 6.54 Å². The van der Waals surface area contributed by atoms with E-state index in [1.54, 1.807) is 0 Å². The summed E-state index contributed by atoms with van der Waals surface area (Å²) in [5.74, 6) is -0.0283. The molecule has 0 saturated carbocycles. The van der Waals surface area contributed by atoms with E-state index in [4.69, 9.17) is 0 Å². The van der Waals surface area contributed by atoms with E-state index in [1.807, 2.05) is 85.2 Å². The van der Waals surface area contributed by atoms with E-state index in [-0.39, 0.29) is 11.9 Å². The standard InChI is InChI=1S/C19H22N4O/c1-14-9-10-23-13-16(21-17(23)11-14)12-20-19(24)18(22(2)3)15-7-5-4-6-8-15/h4-11,13,18H,12H2,1-3H3,(H,20,24)/t18-/m0/s1. The fraction of sp³-hybridized carbons (Fsp3) is 0.263. The van der Waals surface area contributed by atoms with Gasteiger partial charge in [0.15, 0.2) is 0 Å². The first-order valence-electron chi connectivity index (χ1n) is 7.98. The molecule has 0 bridgehead atoms. The largest absolute Gasteiger partial charge is 0.349 e. The Balaban J connectivity index is 1.73. The van der Waals surface area contributed by atoms with Gasteiger partial charge in [0.25, 0.3) is 0 Å². The molecule has 3 aromatic rings. The third kappa shape index (κ3) is 3.46.